The van der Waals surface area contributed by atoms with Crippen LogP contribution in [0.1, 0.15) is 26.3 Å². The highest BCUT2D eigenvalue weighted by atomic mass is 16.2. The Labute approximate surface area is 127 Å². The van der Waals surface area contributed by atoms with Crippen molar-refractivity contribution in [2.75, 3.05) is 6.54 Å². The summed E-state index contributed by atoms with van der Waals surface area (Å²) in [5.41, 5.74) is 4.69. The average Bonchev–Trinajstić information content (AvgIpc) is 2.79. The molecular weight excluding hydrogens is 280 g/mol. The van der Waals surface area contributed by atoms with Gasteiger partial charge in [-0.15, -0.1) is 0 Å². The number of Topliss-reactive ketones (excluding diaryl/α,β-unsaturated/α-hetero) is 2. The first kappa shape index (κ1) is 14.2. The lowest BCUT2D eigenvalue weighted by atomic mass is 9.84. The van der Waals surface area contributed by atoms with Crippen molar-refractivity contribution in [2.24, 2.45) is 5.73 Å². The van der Waals surface area contributed by atoms with E-state index in [-0.39, 0.29) is 6.54 Å². The molecule has 0 bridgehead atoms. The van der Waals surface area contributed by atoms with Gasteiger partial charge in [-0.3, -0.25) is 14.4 Å². The predicted octanol–water partition coefficient (Wildman–Crippen LogP) is 1.04. The highest BCUT2D eigenvalue weighted by Crippen LogP contribution is 2.37. The maximum Gasteiger partial charge on any atom is 0.235 e. The number of nitrogens with one attached hydrogen (secondary N) is 1. The molecule has 0 saturated carbocycles. The summed E-state index contributed by atoms with van der Waals surface area (Å²) in [6.45, 7) is -0.300. The van der Waals surface area contributed by atoms with Crippen LogP contribution < -0.4 is 11.1 Å². The molecule has 1 aliphatic rings. The van der Waals surface area contributed by atoms with E-state index in [4.69, 9.17) is 5.73 Å². The van der Waals surface area contributed by atoms with Crippen LogP contribution in [-0.4, -0.2) is 24.0 Å². The van der Waals surface area contributed by atoms with Crippen LogP contribution in [0.2, 0.25) is 0 Å². The molecule has 0 unspecified atom stereocenters. The molecule has 3 N–H and O–H groups in total. The first-order valence-corrected chi connectivity index (χ1v) is 6.86. The molecule has 2 aromatic rings. The van der Waals surface area contributed by atoms with Crippen molar-refractivity contribution in [2.45, 2.75) is 5.54 Å². The molecule has 0 radical (unpaired) electrons. The smallest absolute Gasteiger partial charge is 0.235 e. The van der Waals surface area contributed by atoms with Crippen molar-refractivity contribution in [1.82, 2.24) is 5.32 Å². The molecule has 0 fully saturated rings. The maximum absolute atomic E-state index is 12.9. The van der Waals surface area contributed by atoms with Gasteiger partial charge >= 0.3 is 0 Å². The summed E-state index contributed by atoms with van der Waals surface area (Å²) in [5.74, 6) is -1.42. The Kier molecular flexibility index (Phi) is 3.35. The predicted molar refractivity (Wildman–Crippen MR) is 80.4 cm³/mol. The van der Waals surface area contributed by atoms with Crippen molar-refractivity contribution in [3.05, 3.63) is 71.3 Å². The van der Waals surface area contributed by atoms with Crippen LogP contribution in [0.15, 0.2) is 54.6 Å². The Morgan fingerprint density at radius 1 is 0.909 bits per heavy atom. The zero-order valence-electron chi connectivity index (χ0n) is 11.7. The van der Waals surface area contributed by atoms with Gasteiger partial charge in [0.25, 0.3) is 0 Å². The van der Waals surface area contributed by atoms with Crippen molar-refractivity contribution in [3.63, 3.8) is 0 Å². The van der Waals surface area contributed by atoms with E-state index in [1.165, 1.54) is 0 Å². The molecule has 5 heteroatoms. The topological polar surface area (TPSA) is 89.3 Å². The largest absolute Gasteiger partial charge is 0.332 e. The van der Waals surface area contributed by atoms with Gasteiger partial charge in [-0.1, -0.05) is 54.6 Å². The number of carbonyl (C=O) groups excluding carboxylic acids is 3. The Bertz CT molecular complexity index is 733. The molecule has 0 aromatic heterocycles. The number of hydrogen-bond donors (Lipinski definition) is 2. The fourth-order valence-corrected chi connectivity index (χ4v) is 2.78. The first-order chi connectivity index (χ1) is 10.6. The van der Waals surface area contributed by atoms with Gasteiger partial charge in [-0.25, -0.2) is 0 Å². The van der Waals surface area contributed by atoms with Crippen LogP contribution in [0.5, 0.6) is 0 Å². The summed E-state index contributed by atoms with van der Waals surface area (Å²) in [6, 6.07) is 15.1. The van der Waals surface area contributed by atoms with E-state index in [0.717, 1.165) is 0 Å². The summed E-state index contributed by atoms with van der Waals surface area (Å²) in [4.78, 5) is 37.7. The van der Waals surface area contributed by atoms with Crippen LogP contribution in [-0.2, 0) is 10.3 Å². The van der Waals surface area contributed by atoms with E-state index in [2.05, 4.69) is 5.32 Å². The normalized spacial score (nSPS) is 15.5. The molecule has 0 spiro atoms. The van der Waals surface area contributed by atoms with Gasteiger partial charge in [0.2, 0.25) is 17.5 Å². The second-order valence-electron chi connectivity index (χ2n) is 5.07. The fourth-order valence-electron chi connectivity index (χ4n) is 2.78. The van der Waals surface area contributed by atoms with E-state index in [9.17, 15) is 14.4 Å². The third-order valence-electron chi connectivity index (χ3n) is 3.82. The standard InChI is InChI=1S/C17H14N2O3/c18-10-14(20)19-17(11-6-2-1-3-7-11)15(21)12-8-4-5-9-13(12)16(17)22/h1-9H,10,18H2,(H,19,20). The number of rotatable bonds is 3. The van der Waals surface area contributed by atoms with E-state index < -0.39 is 23.0 Å². The molecule has 110 valence electrons. The van der Waals surface area contributed by atoms with Crippen molar-refractivity contribution >= 4 is 17.5 Å². The Balaban J connectivity index is 2.23. The van der Waals surface area contributed by atoms with Gasteiger partial charge < -0.3 is 11.1 Å². The molecule has 5 nitrogen and oxygen atoms in total. The summed E-state index contributed by atoms with van der Waals surface area (Å²) in [6.07, 6.45) is 0. The summed E-state index contributed by atoms with van der Waals surface area (Å²) in [5, 5.41) is 2.54. The summed E-state index contributed by atoms with van der Waals surface area (Å²) < 4.78 is 0. The summed E-state index contributed by atoms with van der Waals surface area (Å²) in [7, 11) is 0. The lowest BCUT2D eigenvalue weighted by Gasteiger charge is -2.27. The average molecular weight is 294 g/mol. The minimum Gasteiger partial charge on any atom is -0.332 e. The van der Waals surface area contributed by atoms with Crippen molar-refractivity contribution in [3.8, 4) is 0 Å². The molecule has 22 heavy (non-hydrogen) atoms. The molecule has 0 saturated heterocycles. The quantitative estimate of drug-likeness (QED) is 0.828. The lowest BCUT2D eigenvalue weighted by Crippen LogP contribution is -2.55. The number of hydrogen-bond acceptors (Lipinski definition) is 4. The molecule has 1 amide bonds. The highest BCUT2D eigenvalue weighted by Gasteiger charge is 2.55. The monoisotopic (exact) mass is 294 g/mol. The van der Waals surface area contributed by atoms with Gasteiger partial charge in [-0.05, 0) is 5.56 Å². The fraction of sp³-hybridized carbons (Fsp3) is 0.118. The molecular formula is C17H14N2O3. The van der Waals surface area contributed by atoms with Gasteiger partial charge in [-0.2, -0.15) is 0 Å². The van der Waals surface area contributed by atoms with Crippen LogP contribution in [0.4, 0.5) is 0 Å². The minimum atomic E-state index is -1.72. The number of amides is 1. The number of nitrogens with two attached hydrogens (primary N) is 1. The number of ketones is 2. The van der Waals surface area contributed by atoms with E-state index >= 15 is 0 Å². The van der Waals surface area contributed by atoms with Crippen LogP contribution in [0, 0.1) is 0 Å². The number of fused-ring (bicyclic) bond motifs is 1. The Morgan fingerprint density at radius 3 is 1.91 bits per heavy atom. The van der Waals surface area contributed by atoms with Gasteiger partial charge in [0, 0.05) is 11.1 Å². The zero-order chi connectivity index (χ0) is 15.7. The van der Waals surface area contributed by atoms with Crippen molar-refractivity contribution in [1.29, 1.82) is 0 Å². The van der Waals surface area contributed by atoms with Crippen molar-refractivity contribution < 1.29 is 14.4 Å². The van der Waals surface area contributed by atoms with Crippen LogP contribution >= 0.6 is 0 Å². The SMILES string of the molecule is NCC(=O)NC1(c2ccccc2)C(=O)c2ccccc2C1=O. The number of carbonyl (C=O) groups is 3. The van der Waals surface area contributed by atoms with Gasteiger partial charge in [0.05, 0.1) is 6.54 Å². The molecule has 0 aliphatic heterocycles. The maximum atomic E-state index is 12.9. The van der Waals surface area contributed by atoms with Gasteiger partial charge in [0.15, 0.2) is 5.54 Å². The molecule has 1 aliphatic carbocycles. The van der Waals surface area contributed by atoms with Crippen LogP contribution in [0.3, 0.4) is 0 Å². The van der Waals surface area contributed by atoms with E-state index in [1.807, 2.05) is 0 Å². The van der Waals surface area contributed by atoms with E-state index in [1.54, 1.807) is 54.6 Å². The third-order valence-corrected chi connectivity index (χ3v) is 3.82. The Morgan fingerprint density at radius 2 is 1.41 bits per heavy atom. The lowest BCUT2D eigenvalue weighted by molar-refractivity contribution is -0.120. The zero-order valence-corrected chi connectivity index (χ0v) is 11.7. The number of benzene rings is 2. The second kappa shape index (κ2) is 5.20. The minimum absolute atomic E-state index is 0.300. The first-order valence-electron chi connectivity index (χ1n) is 6.86. The molecule has 0 atom stereocenters. The highest BCUT2D eigenvalue weighted by molar-refractivity contribution is 6.33. The second-order valence-corrected chi connectivity index (χ2v) is 5.07. The summed E-state index contributed by atoms with van der Waals surface area (Å²) >= 11 is 0. The van der Waals surface area contributed by atoms with E-state index in [0.29, 0.717) is 16.7 Å². The molecule has 3 rings (SSSR count). The van der Waals surface area contributed by atoms with Gasteiger partial charge in [0.1, 0.15) is 0 Å². The molecule has 0 heterocycles. The Hall–Kier alpha value is -2.79. The molecule has 2 aromatic carbocycles. The van der Waals surface area contributed by atoms with Crippen LogP contribution in [0.25, 0.3) is 0 Å². The third kappa shape index (κ3) is 1.87.